The lowest BCUT2D eigenvalue weighted by Crippen LogP contribution is -2.35. The lowest BCUT2D eigenvalue weighted by Gasteiger charge is -2.18. The van der Waals surface area contributed by atoms with Crippen molar-refractivity contribution in [3.8, 4) is 0 Å². The molecule has 0 saturated heterocycles. The first kappa shape index (κ1) is 23.3. The second-order valence-electron chi connectivity index (χ2n) is 7.31. The molecule has 12 heteroatoms. The highest BCUT2D eigenvalue weighted by molar-refractivity contribution is 6.31. The molecule has 3 rings (SSSR count). The van der Waals surface area contributed by atoms with E-state index in [9.17, 15) is 32.9 Å². The molecule has 0 spiro atoms. The van der Waals surface area contributed by atoms with Crippen LogP contribution in [0.1, 0.15) is 28.8 Å². The first-order chi connectivity index (χ1) is 15.0. The summed E-state index contributed by atoms with van der Waals surface area (Å²) in [6, 6.07) is 7.03. The van der Waals surface area contributed by atoms with Crippen LogP contribution in [0.5, 0.6) is 0 Å². The number of carbonyl (C=O) groups is 2. The van der Waals surface area contributed by atoms with Gasteiger partial charge in [0.15, 0.2) is 0 Å². The Morgan fingerprint density at radius 2 is 1.91 bits per heavy atom. The lowest BCUT2D eigenvalue weighted by atomic mass is 10.1. The van der Waals surface area contributed by atoms with Gasteiger partial charge in [0.2, 0.25) is 5.91 Å². The van der Waals surface area contributed by atoms with Gasteiger partial charge >= 0.3 is 6.18 Å². The number of nitrogens with one attached hydrogen (secondary N) is 2. The van der Waals surface area contributed by atoms with E-state index in [0.29, 0.717) is 11.8 Å². The van der Waals surface area contributed by atoms with E-state index in [2.05, 4.69) is 10.6 Å². The average Bonchev–Trinajstić information content (AvgIpc) is 3.52. The van der Waals surface area contributed by atoms with Crippen LogP contribution in [0.25, 0.3) is 0 Å². The topological polar surface area (TPSA) is 105 Å². The van der Waals surface area contributed by atoms with Gasteiger partial charge in [0.1, 0.15) is 5.69 Å². The Hall–Kier alpha value is -3.34. The molecule has 2 aromatic rings. The number of hydrogen-bond acceptors (Lipinski definition) is 5. The van der Waals surface area contributed by atoms with E-state index in [4.69, 9.17) is 11.6 Å². The van der Waals surface area contributed by atoms with E-state index in [-0.39, 0.29) is 23.0 Å². The average molecular weight is 471 g/mol. The number of likely N-dealkylation sites (N-methyl/N-ethyl adjacent to an activating group) is 1. The predicted molar refractivity (Wildman–Crippen MR) is 112 cm³/mol. The molecule has 2 aromatic carbocycles. The zero-order valence-corrected chi connectivity index (χ0v) is 17.5. The van der Waals surface area contributed by atoms with Crippen LogP contribution >= 0.6 is 11.6 Å². The molecule has 0 aromatic heterocycles. The van der Waals surface area contributed by atoms with Crippen molar-refractivity contribution in [3.63, 3.8) is 0 Å². The summed E-state index contributed by atoms with van der Waals surface area (Å²) in [5.74, 6) is -1.41. The maximum atomic E-state index is 13.0. The van der Waals surface area contributed by atoms with Gasteiger partial charge in [-0.25, -0.2) is 0 Å². The molecule has 32 heavy (non-hydrogen) atoms. The van der Waals surface area contributed by atoms with Gasteiger partial charge in [0.25, 0.3) is 11.6 Å². The first-order valence-corrected chi connectivity index (χ1v) is 9.80. The van der Waals surface area contributed by atoms with E-state index in [1.807, 2.05) is 0 Å². The summed E-state index contributed by atoms with van der Waals surface area (Å²) in [6.07, 6.45) is -2.87. The van der Waals surface area contributed by atoms with Crippen LogP contribution in [0, 0.1) is 10.1 Å². The Kier molecular flexibility index (Phi) is 6.58. The third kappa shape index (κ3) is 5.67. The predicted octanol–water partition coefficient (Wildman–Crippen LogP) is 4.55. The van der Waals surface area contributed by atoms with Crippen molar-refractivity contribution in [2.24, 2.45) is 0 Å². The highest BCUT2D eigenvalue weighted by Gasteiger charge is 2.33. The normalized spacial score (nSPS) is 13.4. The molecule has 0 unspecified atom stereocenters. The molecule has 0 atom stereocenters. The van der Waals surface area contributed by atoms with Crippen LogP contribution in [0.4, 0.5) is 30.2 Å². The van der Waals surface area contributed by atoms with Crippen molar-refractivity contribution < 1.29 is 27.7 Å². The Morgan fingerprint density at radius 3 is 2.50 bits per heavy atom. The largest absolute Gasteiger partial charge is 0.417 e. The summed E-state index contributed by atoms with van der Waals surface area (Å²) < 4.78 is 38.9. The summed E-state index contributed by atoms with van der Waals surface area (Å²) >= 11 is 5.55. The van der Waals surface area contributed by atoms with Gasteiger partial charge in [0, 0.05) is 30.4 Å². The van der Waals surface area contributed by atoms with Gasteiger partial charge in [0.05, 0.1) is 22.1 Å². The molecule has 8 nitrogen and oxygen atoms in total. The highest BCUT2D eigenvalue weighted by Crippen LogP contribution is 2.36. The number of nitrogens with zero attached hydrogens (tertiary/aromatic N) is 2. The number of carbonyl (C=O) groups excluding carboxylic acids is 2. The van der Waals surface area contributed by atoms with Gasteiger partial charge in [-0.3, -0.25) is 19.7 Å². The molecule has 170 valence electrons. The SMILES string of the molecule is CN(CC(=O)Nc1ccc(Cl)c(C(F)(F)F)c1)C(=O)c1ccc(NC2CC2)c([N+](=O)[O-])c1. The lowest BCUT2D eigenvalue weighted by molar-refractivity contribution is -0.384. The standard InChI is InChI=1S/C20H18ClF3N4O4/c1-27(10-18(29)26-13-5-6-15(21)14(9-13)20(22,23)24)19(30)11-2-7-16(25-12-3-4-12)17(8-11)28(31)32/h2,5-9,12,25H,3-4,10H2,1H3,(H,26,29). The fourth-order valence-electron chi connectivity index (χ4n) is 2.91. The monoisotopic (exact) mass is 470 g/mol. The summed E-state index contributed by atoms with van der Waals surface area (Å²) in [6.45, 7) is -0.487. The molecule has 2 amide bonds. The molecular formula is C20H18ClF3N4O4. The van der Waals surface area contributed by atoms with Gasteiger partial charge in [-0.2, -0.15) is 13.2 Å². The van der Waals surface area contributed by atoms with Crippen molar-refractivity contribution in [3.05, 3.63) is 62.7 Å². The number of anilines is 2. The number of nitro groups is 1. The van der Waals surface area contributed by atoms with Crippen molar-refractivity contribution in [1.29, 1.82) is 0 Å². The number of rotatable bonds is 7. The maximum absolute atomic E-state index is 13.0. The minimum absolute atomic E-state index is 0.000743. The second-order valence-corrected chi connectivity index (χ2v) is 7.72. The van der Waals surface area contributed by atoms with Crippen LogP contribution in [-0.2, 0) is 11.0 Å². The van der Waals surface area contributed by atoms with Crippen molar-refractivity contribution >= 4 is 40.5 Å². The zero-order chi connectivity index (χ0) is 23.6. The number of alkyl halides is 3. The Bertz CT molecular complexity index is 1070. The van der Waals surface area contributed by atoms with E-state index in [1.165, 1.54) is 25.2 Å². The number of halogens is 4. The van der Waals surface area contributed by atoms with Crippen LogP contribution in [0.15, 0.2) is 36.4 Å². The molecule has 1 aliphatic carbocycles. The fourth-order valence-corrected chi connectivity index (χ4v) is 3.14. The number of nitro benzene ring substituents is 1. The molecule has 1 fully saturated rings. The minimum Gasteiger partial charge on any atom is -0.377 e. The Morgan fingerprint density at radius 1 is 1.22 bits per heavy atom. The highest BCUT2D eigenvalue weighted by atomic mass is 35.5. The van der Waals surface area contributed by atoms with Crippen LogP contribution < -0.4 is 10.6 Å². The molecule has 2 N–H and O–H groups in total. The van der Waals surface area contributed by atoms with Crippen molar-refractivity contribution in [2.45, 2.75) is 25.1 Å². The molecule has 0 heterocycles. The van der Waals surface area contributed by atoms with Gasteiger partial charge in [-0.05, 0) is 43.2 Å². The van der Waals surface area contributed by atoms with E-state index >= 15 is 0 Å². The number of hydrogen-bond donors (Lipinski definition) is 2. The molecule has 1 aliphatic rings. The van der Waals surface area contributed by atoms with Crippen LogP contribution in [0.2, 0.25) is 5.02 Å². The van der Waals surface area contributed by atoms with E-state index in [1.54, 1.807) is 0 Å². The Balaban J connectivity index is 1.68. The van der Waals surface area contributed by atoms with Crippen molar-refractivity contribution in [2.75, 3.05) is 24.2 Å². The van der Waals surface area contributed by atoms with Crippen LogP contribution in [0.3, 0.4) is 0 Å². The first-order valence-electron chi connectivity index (χ1n) is 9.42. The third-order valence-corrected chi connectivity index (χ3v) is 4.99. The summed E-state index contributed by atoms with van der Waals surface area (Å²) in [5, 5.41) is 16.1. The van der Waals surface area contributed by atoms with Gasteiger partial charge < -0.3 is 15.5 Å². The molecule has 0 aliphatic heterocycles. The molecule has 1 saturated carbocycles. The molecular weight excluding hydrogens is 453 g/mol. The number of benzene rings is 2. The number of amides is 2. The van der Waals surface area contributed by atoms with Crippen LogP contribution in [-0.4, -0.2) is 41.3 Å². The molecule has 0 radical (unpaired) electrons. The molecule has 0 bridgehead atoms. The van der Waals surface area contributed by atoms with Gasteiger partial charge in [-0.15, -0.1) is 0 Å². The van der Waals surface area contributed by atoms with E-state index < -0.39 is 40.0 Å². The Labute approximate surface area is 185 Å². The second kappa shape index (κ2) is 9.03. The summed E-state index contributed by atoms with van der Waals surface area (Å²) in [5.41, 5.74) is -1.20. The van der Waals surface area contributed by atoms with Gasteiger partial charge in [-0.1, -0.05) is 11.6 Å². The third-order valence-electron chi connectivity index (χ3n) is 4.66. The maximum Gasteiger partial charge on any atom is 0.417 e. The minimum atomic E-state index is -4.69. The zero-order valence-electron chi connectivity index (χ0n) is 16.7. The van der Waals surface area contributed by atoms with Crippen molar-refractivity contribution in [1.82, 2.24) is 4.90 Å². The summed E-state index contributed by atoms with van der Waals surface area (Å²) in [7, 11) is 1.30. The smallest absolute Gasteiger partial charge is 0.377 e. The quantitative estimate of drug-likeness (QED) is 0.456. The summed E-state index contributed by atoms with van der Waals surface area (Å²) in [4.78, 5) is 36.6. The fraction of sp³-hybridized carbons (Fsp3) is 0.300. The van der Waals surface area contributed by atoms with E-state index in [0.717, 1.165) is 29.9 Å².